The molecule has 0 unspecified atom stereocenters. The van der Waals surface area contributed by atoms with E-state index in [1.807, 2.05) is 6.92 Å². The normalized spacial score (nSPS) is 12.5. The highest BCUT2D eigenvalue weighted by Gasteiger charge is 2.12. The van der Waals surface area contributed by atoms with E-state index < -0.39 is 18.1 Å². The van der Waals surface area contributed by atoms with Crippen LogP contribution in [0.25, 0.3) is 0 Å². The Bertz CT molecular complexity index is 213. The largest absolute Gasteiger partial charge is 0.436 e. The Morgan fingerprint density at radius 1 is 1.62 bits per heavy atom. The third-order valence-electron chi connectivity index (χ3n) is 1.28. The zero-order valence-corrected chi connectivity index (χ0v) is 7.74. The number of hydrogen-bond acceptors (Lipinski definition) is 3. The number of hydrogen-bond donors (Lipinski definition) is 2. The molecular formula is C8H14N2O3. The lowest BCUT2D eigenvalue weighted by Gasteiger charge is -2.09. The number of rotatable bonds is 4. The van der Waals surface area contributed by atoms with Crippen LogP contribution in [0, 0.1) is 0 Å². The predicted molar refractivity (Wildman–Crippen MR) is 48.0 cm³/mol. The number of primary amides is 1. The van der Waals surface area contributed by atoms with E-state index in [0.29, 0.717) is 6.54 Å². The monoisotopic (exact) mass is 186 g/mol. The first-order valence-electron chi connectivity index (χ1n) is 3.93. The van der Waals surface area contributed by atoms with Gasteiger partial charge in [0.25, 0.3) is 5.91 Å². The van der Waals surface area contributed by atoms with Crippen molar-refractivity contribution < 1.29 is 14.3 Å². The molecule has 0 aromatic heterocycles. The average molecular weight is 186 g/mol. The third kappa shape index (κ3) is 5.72. The molecular weight excluding hydrogens is 172 g/mol. The van der Waals surface area contributed by atoms with Crippen molar-refractivity contribution in [1.29, 1.82) is 0 Å². The van der Waals surface area contributed by atoms with Crippen LogP contribution in [0.2, 0.25) is 0 Å². The zero-order valence-electron chi connectivity index (χ0n) is 7.74. The minimum atomic E-state index is -0.898. The SMILES string of the molecule is C/C=C/CNC(=O)O[C@@H](C)C(N)=O. The molecule has 13 heavy (non-hydrogen) atoms. The number of alkyl carbamates (subject to hydrolysis) is 1. The number of amides is 2. The molecule has 0 aliphatic heterocycles. The van der Waals surface area contributed by atoms with Gasteiger partial charge >= 0.3 is 6.09 Å². The van der Waals surface area contributed by atoms with Gasteiger partial charge in [-0.2, -0.15) is 0 Å². The summed E-state index contributed by atoms with van der Waals surface area (Å²) in [5, 5.41) is 2.41. The Hall–Kier alpha value is -1.52. The van der Waals surface area contributed by atoms with E-state index in [1.165, 1.54) is 6.92 Å². The lowest BCUT2D eigenvalue weighted by molar-refractivity contribution is -0.125. The van der Waals surface area contributed by atoms with Crippen molar-refractivity contribution in [3.05, 3.63) is 12.2 Å². The molecule has 0 saturated carbocycles. The second-order valence-electron chi connectivity index (χ2n) is 2.40. The second kappa shape index (κ2) is 6.05. The van der Waals surface area contributed by atoms with E-state index in [4.69, 9.17) is 5.73 Å². The van der Waals surface area contributed by atoms with Crippen LogP contribution in [-0.4, -0.2) is 24.6 Å². The van der Waals surface area contributed by atoms with E-state index in [0.717, 1.165) is 0 Å². The fourth-order valence-electron chi connectivity index (χ4n) is 0.520. The summed E-state index contributed by atoms with van der Waals surface area (Å²) >= 11 is 0. The summed E-state index contributed by atoms with van der Waals surface area (Å²) in [5.41, 5.74) is 4.88. The van der Waals surface area contributed by atoms with Gasteiger partial charge in [0.1, 0.15) is 0 Å². The van der Waals surface area contributed by atoms with Gasteiger partial charge in [-0.15, -0.1) is 0 Å². The number of ether oxygens (including phenoxy) is 1. The van der Waals surface area contributed by atoms with E-state index in [-0.39, 0.29) is 0 Å². The Morgan fingerprint density at radius 2 is 2.23 bits per heavy atom. The number of carbonyl (C=O) groups is 2. The van der Waals surface area contributed by atoms with Crippen LogP contribution >= 0.6 is 0 Å². The fourth-order valence-corrected chi connectivity index (χ4v) is 0.520. The van der Waals surface area contributed by atoms with Gasteiger partial charge in [0.15, 0.2) is 6.10 Å². The van der Waals surface area contributed by atoms with Crippen molar-refractivity contribution in [2.24, 2.45) is 5.73 Å². The first-order valence-corrected chi connectivity index (χ1v) is 3.93. The number of nitrogens with one attached hydrogen (secondary N) is 1. The van der Waals surface area contributed by atoms with Crippen LogP contribution in [0.5, 0.6) is 0 Å². The van der Waals surface area contributed by atoms with Crippen LogP contribution in [0.4, 0.5) is 4.79 Å². The minimum Gasteiger partial charge on any atom is -0.436 e. The second-order valence-corrected chi connectivity index (χ2v) is 2.40. The van der Waals surface area contributed by atoms with E-state index >= 15 is 0 Å². The smallest absolute Gasteiger partial charge is 0.408 e. The van der Waals surface area contributed by atoms with E-state index in [1.54, 1.807) is 12.2 Å². The molecule has 0 radical (unpaired) electrons. The summed E-state index contributed by atoms with van der Waals surface area (Å²) in [6.07, 6.45) is 1.99. The molecule has 5 nitrogen and oxygen atoms in total. The van der Waals surface area contributed by atoms with Gasteiger partial charge in [0.05, 0.1) is 0 Å². The highest BCUT2D eigenvalue weighted by Crippen LogP contribution is 1.89. The molecule has 5 heteroatoms. The van der Waals surface area contributed by atoms with Crippen molar-refractivity contribution in [1.82, 2.24) is 5.32 Å². The molecule has 1 atom stereocenters. The van der Waals surface area contributed by atoms with Crippen LogP contribution in [0.1, 0.15) is 13.8 Å². The molecule has 74 valence electrons. The van der Waals surface area contributed by atoms with Crippen molar-refractivity contribution in [2.75, 3.05) is 6.54 Å². The summed E-state index contributed by atoms with van der Waals surface area (Å²) in [7, 11) is 0. The van der Waals surface area contributed by atoms with E-state index in [2.05, 4.69) is 10.1 Å². The zero-order chi connectivity index (χ0) is 10.3. The summed E-state index contributed by atoms with van der Waals surface area (Å²) in [5.74, 6) is -0.666. The molecule has 3 N–H and O–H groups in total. The molecule has 0 heterocycles. The average Bonchev–Trinajstić information content (AvgIpc) is 2.04. The molecule has 0 aliphatic rings. The molecule has 0 aromatic rings. The molecule has 0 saturated heterocycles. The number of nitrogens with two attached hydrogens (primary N) is 1. The van der Waals surface area contributed by atoms with E-state index in [9.17, 15) is 9.59 Å². The summed E-state index contributed by atoms with van der Waals surface area (Å²) in [6.45, 7) is 3.62. The maximum Gasteiger partial charge on any atom is 0.408 e. The predicted octanol–water partition coefficient (Wildman–Crippen LogP) is 0.162. The maximum atomic E-state index is 10.9. The van der Waals surface area contributed by atoms with Crippen LogP contribution in [0.15, 0.2) is 12.2 Å². The van der Waals surface area contributed by atoms with Gasteiger partial charge < -0.3 is 15.8 Å². The fraction of sp³-hybridized carbons (Fsp3) is 0.500. The van der Waals surface area contributed by atoms with Gasteiger partial charge in [0.2, 0.25) is 0 Å². The molecule has 0 spiro atoms. The maximum absolute atomic E-state index is 10.9. The van der Waals surface area contributed by atoms with Crippen molar-refractivity contribution >= 4 is 12.0 Å². The van der Waals surface area contributed by atoms with Crippen molar-refractivity contribution in [3.8, 4) is 0 Å². The van der Waals surface area contributed by atoms with Gasteiger partial charge in [-0.3, -0.25) is 4.79 Å². The van der Waals surface area contributed by atoms with Gasteiger partial charge in [0, 0.05) is 6.54 Å². The third-order valence-corrected chi connectivity index (χ3v) is 1.28. The molecule has 0 bridgehead atoms. The number of allylic oxidation sites excluding steroid dienone is 1. The molecule has 0 fully saturated rings. The Kier molecular flexibility index (Phi) is 5.34. The molecule has 0 aliphatic carbocycles. The lowest BCUT2D eigenvalue weighted by Crippen LogP contribution is -2.35. The van der Waals surface area contributed by atoms with Crippen LogP contribution in [0.3, 0.4) is 0 Å². The van der Waals surface area contributed by atoms with Gasteiger partial charge in [-0.25, -0.2) is 4.79 Å². The first-order chi connectivity index (χ1) is 6.07. The Morgan fingerprint density at radius 3 is 2.69 bits per heavy atom. The standard InChI is InChI=1S/C8H14N2O3/c1-3-4-5-10-8(12)13-6(2)7(9)11/h3-4,6H,5H2,1-2H3,(H2,9,11)(H,10,12)/b4-3+/t6-/m0/s1. The van der Waals surface area contributed by atoms with Crippen LogP contribution < -0.4 is 11.1 Å². The van der Waals surface area contributed by atoms with Crippen LogP contribution in [-0.2, 0) is 9.53 Å². The van der Waals surface area contributed by atoms with Crippen molar-refractivity contribution in [3.63, 3.8) is 0 Å². The van der Waals surface area contributed by atoms with Crippen molar-refractivity contribution in [2.45, 2.75) is 20.0 Å². The highest BCUT2D eigenvalue weighted by atomic mass is 16.6. The Balaban J connectivity index is 3.68. The van der Waals surface area contributed by atoms with Gasteiger partial charge in [-0.1, -0.05) is 12.2 Å². The highest BCUT2D eigenvalue weighted by molar-refractivity contribution is 5.81. The molecule has 0 aromatic carbocycles. The summed E-state index contributed by atoms with van der Waals surface area (Å²) < 4.78 is 4.60. The van der Waals surface area contributed by atoms with Gasteiger partial charge in [-0.05, 0) is 13.8 Å². The Labute approximate surface area is 76.9 Å². The lowest BCUT2D eigenvalue weighted by atomic mass is 10.4. The summed E-state index contributed by atoms with van der Waals surface area (Å²) in [4.78, 5) is 21.3. The minimum absolute atomic E-state index is 0.376. The molecule has 0 rings (SSSR count). The first kappa shape index (κ1) is 11.5. The quantitative estimate of drug-likeness (QED) is 0.614. The molecule has 2 amide bonds. The summed E-state index contributed by atoms with van der Waals surface area (Å²) in [6, 6.07) is 0. The number of carbonyl (C=O) groups excluding carboxylic acids is 2. The topological polar surface area (TPSA) is 81.4 Å².